The molecule has 7 nitrogen and oxygen atoms in total. The number of nitrogens with one attached hydrogen (secondary N) is 1. The van der Waals surface area contributed by atoms with E-state index in [1.807, 2.05) is 73.7 Å². The number of rotatable bonds is 15. The lowest BCUT2D eigenvalue weighted by Crippen LogP contribution is -2.38. The molecule has 0 saturated heterocycles. The van der Waals surface area contributed by atoms with E-state index in [-0.39, 0.29) is 6.03 Å². The lowest BCUT2D eigenvalue weighted by Gasteiger charge is -2.23. The van der Waals surface area contributed by atoms with Gasteiger partial charge >= 0.3 is 12.0 Å². The smallest absolute Gasteiger partial charge is 0.333 e. The predicted octanol–water partition coefficient (Wildman–Crippen LogP) is 5.96. The summed E-state index contributed by atoms with van der Waals surface area (Å²) in [5.41, 5.74) is 4.01. The van der Waals surface area contributed by atoms with Crippen LogP contribution in [0.15, 0.2) is 78.9 Å². The van der Waals surface area contributed by atoms with Gasteiger partial charge in [-0.05, 0) is 74.1 Å². The van der Waals surface area contributed by atoms with E-state index >= 15 is 0 Å². The van der Waals surface area contributed by atoms with Crippen molar-refractivity contribution in [3.63, 3.8) is 0 Å². The largest absolute Gasteiger partial charge is 0.492 e. The third-order valence-corrected chi connectivity index (χ3v) is 6.16. The van der Waals surface area contributed by atoms with E-state index in [2.05, 4.69) is 17.4 Å². The number of nitrogens with zero attached hydrogens (tertiary/aromatic N) is 1. The maximum absolute atomic E-state index is 13.1. The number of aryl methyl sites for hydroxylation is 2. The van der Waals surface area contributed by atoms with Gasteiger partial charge in [-0.2, -0.15) is 0 Å². The van der Waals surface area contributed by atoms with E-state index in [1.54, 1.807) is 11.8 Å². The summed E-state index contributed by atoms with van der Waals surface area (Å²) in [6.45, 7) is 5.53. The maximum Gasteiger partial charge on any atom is 0.333 e. The first-order valence-corrected chi connectivity index (χ1v) is 13.2. The zero-order chi connectivity index (χ0) is 27.2. The highest BCUT2D eigenvalue weighted by atomic mass is 16.5. The number of hydrogen-bond acceptors (Lipinski definition) is 4. The first-order valence-electron chi connectivity index (χ1n) is 13.2. The maximum atomic E-state index is 13.1. The van der Waals surface area contributed by atoms with Gasteiger partial charge in [-0.1, -0.05) is 54.6 Å². The molecule has 3 rings (SSSR count). The van der Waals surface area contributed by atoms with Crippen molar-refractivity contribution in [2.24, 2.45) is 0 Å². The molecule has 3 aromatic carbocycles. The molecular formula is C31H38N2O5. The molecule has 0 aliphatic rings. The summed E-state index contributed by atoms with van der Waals surface area (Å²) in [4.78, 5) is 26.2. The Hall–Kier alpha value is -3.84. The Balaban J connectivity index is 1.53. The highest BCUT2D eigenvalue weighted by Crippen LogP contribution is 2.16. The van der Waals surface area contributed by atoms with Crippen LogP contribution in [0.4, 0.5) is 10.5 Å². The fraction of sp³-hybridized carbons (Fsp3) is 0.355. The van der Waals surface area contributed by atoms with Crippen LogP contribution in [0.3, 0.4) is 0 Å². The van der Waals surface area contributed by atoms with Crippen LogP contribution in [0.25, 0.3) is 0 Å². The molecule has 2 N–H and O–H groups in total. The van der Waals surface area contributed by atoms with Crippen LogP contribution in [0.5, 0.6) is 5.75 Å². The van der Waals surface area contributed by atoms with Crippen molar-refractivity contribution in [1.29, 1.82) is 0 Å². The number of carboxylic acid groups (broad SMARTS) is 1. The molecule has 3 aromatic rings. The summed E-state index contributed by atoms with van der Waals surface area (Å²) in [6.07, 6.45) is 2.27. The van der Waals surface area contributed by atoms with E-state index in [0.717, 1.165) is 36.1 Å². The Morgan fingerprint density at radius 3 is 2.37 bits per heavy atom. The quantitative estimate of drug-likeness (QED) is 0.242. The van der Waals surface area contributed by atoms with E-state index in [9.17, 15) is 14.7 Å². The number of amides is 2. The summed E-state index contributed by atoms with van der Waals surface area (Å²) in [5.74, 6) is -0.305. The van der Waals surface area contributed by atoms with Crippen molar-refractivity contribution in [2.45, 2.75) is 45.6 Å². The van der Waals surface area contributed by atoms with Crippen LogP contribution < -0.4 is 10.1 Å². The normalized spacial score (nSPS) is 11.5. The Bertz CT molecular complexity index is 1130. The van der Waals surface area contributed by atoms with E-state index in [4.69, 9.17) is 9.47 Å². The second kappa shape index (κ2) is 15.4. The van der Waals surface area contributed by atoms with Gasteiger partial charge in [-0.25, -0.2) is 9.59 Å². The minimum absolute atomic E-state index is 0.148. The molecule has 2 amide bonds. The van der Waals surface area contributed by atoms with Gasteiger partial charge in [0.2, 0.25) is 0 Å². The first-order chi connectivity index (χ1) is 18.4. The van der Waals surface area contributed by atoms with Crippen molar-refractivity contribution >= 4 is 17.7 Å². The van der Waals surface area contributed by atoms with Crippen molar-refractivity contribution in [2.75, 3.05) is 31.6 Å². The summed E-state index contributed by atoms with van der Waals surface area (Å²) < 4.78 is 11.2. The number of benzene rings is 3. The Morgan fingerprint density at radius 2 is 1.68 bits per heavy atom. The van der Waals surface area contributed by atoms with E-state index in [0.29, 0.717) is 38.5 Å². The van der Waals surface area contributed by atoms with Crippen LogP contribution in [0.2, 0.25) is 0 Å². The number of carboxylic acids is 1. The van der Waals surface area contributed by atoms with Gasteiger partial charge in [-0.15, -0.1) is 0 Å². The zero-order valence-corrected chi connectivity index (χ0v) is 22.3. The van der Waals surface area contributed by atoms with Gasteiger partial charge in [0.05, 0.1) is 6.54 Å². The molecule has 0 fully saturated rings. The van der Waals surface area contributed by atoms with Crippen molar-refractivity contribution < 1.29 is 24.2 Å². The molecule has 0 radical (unpaired) electrons. The molecule has 0 aliphatic heterocycles. The summed E-state index contributed by atoms with van der Waals surface area (Å²) in [6, 6.07) is 25.3. The van der Waals surface area contributed by atoms with Gasteiger partial charge in [0.15, 0.2) is 6.10 Å². The molecule has 0 heterocycles. The number of carbonyl (C=O) groups is 2. The molecule has 0 spiro atoms. The molecular weight excluding hydrogens is 480 g/mol. The van der Waals surface area contributed by atoms with Gasteiger partial charge in [0, 0.05) is 25.3 Å². The van der Waals surface area contributed by atoms with Crippen molar-refractivity contribution in [3.05, 3.63) is 95.6 Å². The number of urea groups is 1. The Labute approximate surface area is 225 Å². The second-order valence-electron chi connectivity index (χ2n) is 9.21. The Kier molecular flexibility index (Phi) is 11.7. The van der Waals surface area contributed by atoms with Crippen LogP contribution in [-0.4, -0.2) is 54.4 Å². The summed E-state index contributed by atoms with van der Waals surface area (Å²) in [5, 5.41) is 12.3. The Morgan fingerprint density at radius 1 is 0.921 bits per heavy atom. The number of unbranched alkanes of at least 4 members (excludes halogenated alkanes) is 1. The highest BCUT2D eigenvalue weighted by Gasteiger charge is 2.18. The summed E-state index contributed by atoms with van der Waals surface area (Å²) >= 11 is 0. The molecule has 38 heavy (non-hydrogen) atoms. The number of ether oxygens (including phenoxy) is 2. The van der Waals surface area contributed by atoms with Gasteiger partial charge in [-0.3, -0.25) is 0 Å². The zero-order valence-electron chi connectivity index (χ0n) is 22.3. The molecule has 0 aliphatic carbocycles. The van der Waals surface area contributed by atoms with E-state index in [1.165, 1.54) is 5.56 Å². The fourth-order valence-corrected chi connectivity index (χ4v) is 4.14. The minimum atomic E-state index is -0.972. The first kappa shape index (κ1) is 28.7. The van der Waals surface area contributed by atoms with Crippen molar-refractivity contribution in [1.82, 2.24) is 4.90 Å². The topological polar surface area (TPSA) is 88.1 Å². The van der Waals surface area contributed by atoms with Crippen LogP contribution >= 0.6 is 0 Å². The molecule has 7 heteroatoms. The van der Waals surface area contributed by atoms with Crippen LogP contribution in [-0.2, 0) is 22.4 Å². The molecule has 1 atom stereocenters. The molecule has 1 unspecified atom stereocenters. The van der Waals surface area contributed by atoms with Gasteiger partial charge in [0.25, 0.3) is 0 Å². The third kappa shape index (κ3) is 9.90. The van der Waals surface area contributed by atoms with E-state index < -0.39 is 12.1 Å². The van der Waals surface area contributed by atoms with Crippen LogP contribution in [0.1, 0.15) is 36.5 Å². The lowest BCUT2D eigenvalue weighted by atomic mass is 10.1. The van der Waals surface area contributed by atoms with Crippen molar-refractivity contribution in [3.8, 4) is 5.75 Å². The third-order valence-electron chi connectivity index (χ3n) is 6.16. The number of anilines is 1. The highest BCUT2D eigenvalue weighted by molar-refractivity contribution is 5.89. The standard InChI is InChI=1S/C31H38N2O5/c1-3-37-29(30(34)35)23-26-15-17-28(18-16-26)38-21-20-33(19-8-7-13-25-11-5-4-6-12-25)31(36)32-27-14-9-10-24(2)22-27/h4-6,9-12,14-18,22,29H,3,7-8,13,19-21,23H2,1-2H3,(H,32,36)(H,34,35). The van der Waals surface area contributed by atoms with Gasteiger partial charge < -0.3 is 24.8 Å². The van der Waals surface area contributed by atoms with Crippen LogP contribution in [0, 0.1) is 6.92 Å². The van der Waals surface area contributed by atoms with Gasteiger partial charge in [0.1, 0.15) is 12.4 Å². The average molecular weight is 519 g/mol. The number of aliphatic carboxylic acids is 1. The summed E-state index contributed by atoms with van der Waals surface area (Å²) in [7, 11) is 0. The lowest BCUT2D eigenvalue weighted by molar-refractivity contribution is -0.149. The molecule has 202 valence electrons. The minimum Gasteiger partial charge on any atom is -0.492 e. The molecule has 0 aromatic heterocycles. The SMILES string of the molecule is CCOC(Cc1ccc(OCCN(CCCCc2ccccc2)C(=O)Nc2cccc(C)c2)cc1)C(=O)O. The number of hydrogen-bond donors (Lipinski definition) is 2. The second-order valence-corrected chi connectivity index (χ2v) is 9.21. The number of carbonyl (C=O) groups excluding carboxylic acids is 1. The predicted molar refractivity (Wildman–Crippen MR) is 150 cm³/mol. The molecule has 0 bridgehead atoms. The fourth-order valence-electron chi connectivity index (χ4n) is 4.14. The average Bonchev–Trinajstić information content (AvgIpc) is 2.91. The molecule has 0 saturated carbocycles. The monoisotopic (exact) mass is 518 g/mol.